The molecular formula is C27H38O4. The van der Waals surface area contributed by atoms with Crippen LogP contribution in [0.1, 0.15) is 91.4 Å². The Morgan fingerprint density at radius 1 is 1.13 bits per heavy atom. The molecule has 0 aromatic rings. The summed E-state index contributed by atoms with van der Waals surface area (Å²) in [5, 5.41) is 0. The van der Waals surface area contributed by atoms with Crippen molar-refractivity contribution in [2.24, 2.45) is 28.6 Å². The molecule has 3 saturated carbocycles. The maximum Gasteiger partial charge on any atom is 0.306 e. The van der Waals surface area contributed by atoms with Crippen molar-refractivity contribution in [2.75, 3.05) is 0 Å². The molecule has 31 heavy (non-hydrogen) atoms. The molecule has 0 N–H and O–H groups in total. The van der Waals surface area contributed by atoms with E-state index >= 15 is 0 Å². The lowest BCUT2D eigenvalue weighted by Gasteiger charge is -2.59. The van der Waals surface area contributed by atoms with Crippen molar-refractivity contribution in [3.63, 3.8) is 0 Å². The molecule has 0 bridgehead atoms. The van der Waals surface area contributed by atoms with E-state index in [-0.39, 0.29) is 28.4 Å². The van der Waals surface area contributed by atoms with Crippen LogP contribution in [0.2, 0.25) is 0 Å². The Labute approximate surface area is 186 Å². The van der Waals surface area contributed by atoms with Crippen molar-refractivity contribution in [3.05, 3.63) is 24.3 Å². The van der Waals surface area contributed by atoms with E-state index in [1.54, 1.807) is 6.92 Å². The fourth-order valence-electron chi connectivity index (χ4n) is 8.01. The van der Waals surface area contributed by atoms with Crippen LogP contribution in [0.3, 0.4) is 0 Å². The van der Waals surface area contributed by atoms with Crippen LogP contribution in [0, 0.1) is 28.6 Å². The van der Waals surface area contributed by atoms with Crippen LogP contribution in [-0.4, -0.2) is 23.1 Å². The van der Waals surface area contributed by atoms with Crippen LogP contribution in [0.15, 0.2) is 24.3 Å². The van der Waals surface area contributed by atoms with E-state index < -0.39 is 5.60 Å². The number of unbranched alkanes of at least 4 members (excludes halogenated alkanes) is 1. The Kier molecular flexibility index (Phi) is 5.81. The van der Waals surface area contributed by atoms with Gasteiger partial charge in [-0.1, -0.05) is 25.5 Å². The molecule has 4 heteroatoms. The predicted molar refractivity (Wildman–Crippen MR) is 120 cm³/mol. The Balaban J connectivity index is 1.60. The summed E-state index contributed by atoms with van der Waals surface area (Å²) in [6.07, 6.45) is 12.8. The topological polar surface area (TPSA) is 60.4 Å². The van der Waals surface area contributed by atoms with Crippen molar-refractivity contribution in [3.8, 4) is 0 Å². The molecule has 0 aromatic heterocycles. The number of ether oxygens (including phenoxy) is 1. The van der Waals surface area contributed by atoms with Crippen molar-refractivity contribution >= 4 is 17.5 Å². The lowest BCUT2D eigenvalue weighted by molar-refractivity contribution is -0.189. The third-order valence-corrected chi connectivity index (χ3v) is 9.73. The van der Waals surface area contributed by atoms with Gasteiger partial charge in [0.05, 0.1) is 0 Å². The highest BCUT2D eigenvalue weighted by atomic mass is 16.6. The molecule has 0 spiro atoms. The van der Waals surface area contributed by atoms with Crippen LogP contribution in [-0.2, 0) is 19.1 Å². The number of Topliss-reactive ketones (excluding diaryl/α,β-unsaturated/α-hetero) is 1. The fourth-order valence-corrected chi connectivity index (χ4v) is 8.01. The minimum Gasteiger partial charge on any atom is -0.450 e. The van der Waals surface area contributed by atoms with E-state index in [2.05, 4.69) is 20.4 Å². The first-order valence-corrected chi connectivity index (χ1v) is 12.3. The molecule has 4 nitrogen and oxygen atoms in total. The monoisotopic (exact) mass is 426 g/mol. The summed E-state index contributed by atoms with van der Waals surface area (Å²) in [5.74, 6) is 1.55. The predicted octanol–water partition coefficient (Wildman–Crippen LogP) is 5.75. The van der Waals surface area contributed by atoms with E-state index in [9.17, 15) is 14.4 Å². The lowest BCUT2D eigenvalue weighted by Crippen LogP contribution is -2.58. The zero-order valence-electron chi connectivity index (χ0n) is 19.5. The molecule has 0 saturated heterocycles. The highest BCUT2D eigenvalue weighted by Gasteiger charge is 2.67. The molecule has 0 amide bonds. The third kappa shape index (κ3) is 3.36. The first-order chi connectivity index (χ1) is 14.7. The van der Waals surface area contributed by atoms with Gasteiger partial charge in [0.25, 0.3) is 0 Å². The second-order valence-corrected chi connectivity index (χ2v) is 11.0. The van der Waals surface area contributed by atoms with E-state index in [0.717, 1.165) is 44.9 Å². The first-order valence-electron chi connectivity index (χ1n) is 12.3. The maximum atomic E-state index is 13.0. The van der Waals surface area contributed by atoms with Gasteiger partial charge in [0, 0.05) is 18.3 Å². The van der Waals surface area contributed by atoms with Crippen molar-refractivity contribution in [1.82, 2.24) is 0 Å². The van der Waals surface area contributed by atoms with Gasteiger partial charge in [0.1, 0.15) is 0 Å². The van der Waals surface area contributed by atoms with Gasteiger partial charge >= 0.3 is 5.97 Å². The molecule has 0 aliphatic heterocycles. The summed E-state index contributed by atoms with van der Waals surface area (Å²) in [6, 6.07) is 0. The largest absolute Gasteiger partial charge is 0.450 e. The number of allylic oxidation sites excluding steroid dienone is 2. The average molecular weight is 427 g/mol. The van der Waals surface area contributed by atoms with E-state index in [1.165, 1.54) is 5.57 Å². The standard InChI is InChI=1S/C27H38O4/c1-5-6-7-8-24(30)31-27(18(2)28)16-13-23-21-10-9-19-17-20(29)11-14-25(19,3)22(21)12-15-26(23,27)4/h5,17,21-23H,1,6-16H2,2-4H3/t21?,22?,23?,25-,26-,27-/m0/s1. The molecule has 6 atom stereocenters. The summed E-state index contributed by atoms with van der Waals surface area (Å²) < 4.78 is 6.13. The molecule has 0 heterocycles. The molecule has 3 fully saturated rings. The molecule has 0 aromatic carbocycles. The van der Waals surface area contributed by atoms with Gasteiger partial charge in [-0.25, -0.2) is 0 Å². The van der Waals surface area contributed by atoms with Crippen LogP contribution in [0.4, 0.5) is 0 Å². The zero-order chi connectivity index (χ0) is 22.4. The molecular weight excluding hydrogens is 388 g/mol. The Bertz CT molecular complexity index is 825. The van der Waals surface area contributed by atoms with Crippen LogP contribution in [0.5, 0.6) is 0 Å². The average Bonchev–Trinajstić information content (AvgIpc) is 3.02. The molecule has 4 aliphatic rings. The van der Waals surface area contributed by atoms with Crippen LogP contribution < -0.4 is 0 Å². The number of hydrogen-bond donors (Lipinski definition) is 0. The Morgan fingerprint density at radius 3 is 2.58 bits per heavy atom. The van der Waals surface area contributed by atoms with Crippen molar-refractivity contribution in [1.29, 1.82) is 0 Å². The first kappa shape index (κ1) is 22.5. The van der Waals surface area contributed by atoms with Crippen LogP contribution >= 0.6 is 0 Å². The van der Waals surface area contributed by atoms with E-state index in [0.29, 0.717) is 43.4 Å². The second-order valence-electron chi connectivity index (χ2n) is 11.0. The van der Waals surface area contributed by atoms with Crippen molar-refractivity contribution in [2.45, 2.75) is 97.0 Å². The maximum absolute atomic E-state index is 13.0. The normalized spacial score (nSPS) is 41.5. The number of fused-ring (bicyclic) bond motifs is 5. The van der Waals surface area contributed by atoms with Gasteiger partial charge in [0.2, 0.25) is 0 Å². The van der Waals surface area contributed by atoms with Gasteiger partial charge in [-0.15, -0.1) is 6.58 Å². The number of carbonyl (C=O) groups is 3. The summed E-state index contributed by atoms with van der Waals surface area (Å²) in [5.41, 5.74) is 0.197. The van der Waals surface area contributed by atoms with Gasteiger partial charge < -0.3 is 4.74 Å². The molecule has 4 rings (SSSR count). The lowest BCUT2D eigenvalue weighted by atomic mass is 9.46. The third-order valence-electron chi connectivity index (χ3n) is 9.73. The van der Waals surface area contributed by atoms with Gasteiger partial charge in [0.15, 0.2) is 17.2 Å². The molecule has 4 aliphatic carbocycles. The molecule has 170 valence electrons. The van der Waals surface area contributed by atoms with E-state index in [4.69, 9.17) is 4.74 Å². The number of carbonyl (C=O) groups excluding carboxylic acids is 3. The number of esters is 1. The second kappa shape index (κ2) is 8.01. The SMILES string of the molecule is C=CCCCC(=O)O[C@]1(C(C)=O)CCC2C3CCC4=CC(=O)CC[C@]4(C)C3CC[C@@]21C. The fraction of sp³-hybridized carbons (Fsp3) is 0.741. The smallest absolute Gasteiger partial charge is 0.306 e. The van der Waals surface area contributed by atoms with Crippen LogP contribution in [0.25, 0.3) is 0 Å². The minimum absolute atomic E-state index is 0.0129. The highest BCUT2D eigenvalue weighted by molar-refractivity contribution is 5.91. The highest BCUT2D eigenvalue weighted by Crippen LogP contribution is 2.68. The Morgan fingerprint density at radius 2 is 1.87 bits per heavy atom. The Hall–Kier alpha value is -1.71. The summed E-state index contributed by atoms with van der Waals surface area (Å²) in [6.45, 7) is 9.93. The summed E-state index contributed by atoms with van der Waals surface area (Å²) in [4.78, 5) is 37.8. The quantitative estimate of drug-likeness (QED) is 0.308. The minimum atomic E-state index is -0.979. The zero-order valence-corrected chi connectivity index (χ0v) is 19.5. The molecule has 3 unspecified atom stereocenters. The van der Waals surface area contributed by atoms with E-state index in [1.807, 2.05) is 12.2 Å². The van der Waals surface area contributed by atoms with Gasteiger partial charge in [-0.05, 0) is 94.0 Å². The number of ketones is 2. The number of rotatable bonds is 6. The van der Waals surface area contributed by atoms with Gasteiger partial charge in [-0.2, -0.15) is 0 Å². The summed E-state index contributed by atoms with van der Waals surface area (Å²) in [7, 11) is 0. The summed E-state index contributed by atoms with van der Waals surface area (Å²) >= 11 is 0. The van der Waals surface area contributed by atoms with Gasteiger partial charge in [-0.3, -0.25) is 14.4 Å². The number of hydrogen-bond acceptors (Lipinski definition) is 4. The van der Waals surface area contributed by atoms with Crippen molar-refractivity contribution < 1.29 is 19.1 Å². The molecule has 0 radical (unpaired) electrons.